The molecule has 0 aliphatic heterocycles. The van der Waals surface area contributed by atoms with Crippen LogP contribution in [0.15, 0.2) is 114 Å². The molecule has 166 valence electrons. The van der Waals surface area contributed by atoms with Gasteiger partial charge in [-0.05, 0) is 29.8 Å². The third-order valence-electron chi connectivity index (χ3n) is 6.83. The van der Waals surface area contributed by atoms with Crippen molar-refractivity contribution in [2.24, 2.45) is 0 Å². The van der Waals surface area contributed by atoms with Crippen molar-refractivity contribution in [1.82, 2.24) is 4.57 Å². The molecular formula is C30H20BNO3. The summed E-state index contributed by atoms with van der Waals surface area (Å²) in [5.74, 6) is 0. The van der Waals surface area contributed by atoms with E-state index >= 15 is 0 Å². The first-order valence-electron chi connectivity index (χ1n) is 11.6. The lowest BCUT2D eigenvalue weighted by molar-refractivity contribution is 0.425. The zero-order valence-corrected chi connectivity index (χ0v) is 18.7. The lowest BCUT2D eigenvalue weighted by atomic mass is 9.79. The third kappa shape index (κ3) is 2.96. The molecular weight excluding hydrogens is 433 g/mol. The van der Waals surface area contributed by atoms with E-state index in [1.807, 2.05) is 30.3 Å². The fourth-order valence-corrected chi connectivity index (χ4v) is 5.27. The van der Waals surface area contributed by atoms with Gasteiger partial charge in [-0.25, -0.2) is 0 Å². The van der Waals surface area contributed by atoms with E-state index in [1.54, 1.807) is 6.07 Å². The molecule has 7 rings (SSSR count). The Kier molecular flexibility index (Phi) is 4.36. The summed E-state index contributed by atoms with van der Waals surface area (Å²) in [7, 11) is -1.60. The second-order valence-corrected chi connectivity index (χ2v) is 8.80. The molecule has 0 atom stereocenters. The Morgan fingerprint density at radius 3 is 2.09 bits per heavy atom. The Morgan fingerprint density at radius 1 is 0.571 bits per heavy atom. The molecule has 0 radical (unpaired) electrons. The van der Waals surface area contributed by atoms with Crippen LogP contribution in [0.25, 0.3) is 60.6 Å². The summed E-state index contributed by atoms with van der Waals surface area (Å²) < 4.78 is 8.59. The molecule has 0 saturated carbocycles. The lowest BCUT2D eigenvalue weighted by Gasteiger charge is -2.09. The summed E-state index contributed by atoms with van der Waals surface area (Å²) in [5.41, 5.74) is 6.99. The largest absolute Gasteiger partial charge is 0.492 e. The van der Waals surface area contributed by atoms with Crippen molar-refractivity contribution in [3.8, 4) is 16.8 Å². The van der Waals surface area contributed by atoms with Gasteiger partial charge in [0.05, 0.1) is 11.0 Å². The van der Waals surface area contributed by atoms with E-state index in [0.29, 0.717) is 11.0 Å². The highest BCUT2D eigenvalue weighted by atomic mass is 16.4. The second kappa shape index (κ2) is 7.60. The second-order valence-electron chi connectivity index (χ2n) is 8.80. The number of benzene rings is 5. The van der Waals surface area contributed by atoms with Crippen molar-refractivity contribution < 1.29 is 14.5 Å². The molecule has 0 fully saturated rings. The molecule has 0 aliphatic rings. The van der Waals surface area contributed by atoms with E-state index in [0.717, 1.165) is 44.2 Å². The molecule has 0 amide bonds. The predicted octanol–water partition coefficient (Wildman–Crippen LogP) is 6.03. The van der Waals surface area contributed by atoms with Crippen LogP contribution in [0, 0.1) is 0 Å². The van der Waals surface area contributed by atoms with E-state index in [1.165, 1.54) is 10.8 Å². The van der Waals surface area contributed by atoms with Gasteiger partial charge in [0, 0.05) is 38.3 Å². The number of nitrogens with zero attached hydrogens (tertiary/aromatic N) is 1. The van der Waals surface area contributed by atoms with Gasteiger partial charge in [0.1, 0.15) is 11.2 Å². The fourth-order valence-electron chi connectivity index (χ4n) is 5.27. The molecule has 5 heteroatoms. The van der Waals surface area contributed by atoms with E-state index in [4.69, 9.17) is 4.42 Å². The van der Waals surface area contributed by atoms with Crippen LogP contribution in [0.4, 0.5) is 0 Å². The van der Waals surface area contributed by atoms with Crippen molar-refractivity contribution in [3.05, 3.63) is 109 Å². The highest BCUT2D eigenvalue weighted by molar-refractivity contribution is 6.61. The number of hydrogen-bond acceptors (Lipinski definition) is 3. The molecule has 0 aliphatic carbocycles. The van der Waals surface area contributed by atoms with E-state index in [9.17, 15) is 10.0 Å². The predicted molar refractivity (Wildman–Crippen MR) is 143 cm³/mol. The number of rotatable bonds is 3. The van der Waals surface area contributed by atoms with Crippen LogP contribution < -0.4 is 5.46 Å². The lowest BCUT2D eigenvalue weighted by Crippen LogP contribution is -2.29. The molecule has 0 saturated heterocycles. The zero-order chi connectivity index (χ0) is 23.5. The molecule has 0 bridgehead atoms. The van der Waals surface area contributed by atoms with Crippen LogP contribution in [-0.2, 0) is 0 Å². The molecule has 7 aromatic rings. The standard InChI is InChI=1S/C30H20BNO3/c33-31(34)26-14-7-13-25-24-12-6-11-21(29(24)35-30(25)26)19-16-17-23-22-10-4-5-15-27(22)32(28(23)18-19)20-8-2-1-3-9-20/h1-18,33-34H. The van der Waals surface area contributed by atoms with Crippen LogP contribution in [0.5, 0.6) is 0 Å². The first-order valence-corrected chi connectivity index (χ1v) is 11.6. The summed E-state index contributed by atoms with van der Waals surface area (Å²) in [6.45, 7) is 0. The fraction of sp³-hybridized carbons (Fsp3) is 0. The van der Waals surface area contributed by atoms with Gasteiger partial charge in [-0.2, -0.15) is 0 Å². The zero-order valence-electron chi connectivity index (χ0n) is 18.7. The van der Waals surface area contributed by atoms with Crippen molar-refractivity contribution in [1.29, 1.82) is 0 Å². The van der Waals surface area contributed by atoms with Gasteiger partial charge in [-0.15, -0.1) is 0 Å². The minimum Gasteiger partial charge on any atom is -0.456 e. The Morgan fingerprint density at radius 2 is 1.26 bits per heavy atom. The van der Waals surface area contributed by atoms with Crippen molar-refractivity contribution in [3.63, 3.8) is 0 Å². The Hall–Kier alpha value is -4.32. The van der Waals surface area contributed by atoms with Gasteiger partial charge >= 0.3 is 7.12 Å². The SMILES string of the molecule is OB(O)c1cccc2c1oc1c(-c3ccc4c5ccccc5n(-c5ccccc5)c4c3)cccc12. The van der Waals surface area contributed by atoms with Crippen molar-refractivity contribution >= 4 is 56.3 Å². The highest BCUT2D eigenvalue weighted by Gasteiger charge is 2.21. The average Bonchev–Trinajstić information content (AvgIpc) is 3.44. The molecule has 0 spiro atoms. The molecule has 4 nitrogen and oxygen atoms in total. The number of furan rings is 1. The maximum absolute atomic E-state index is 9.85. The number of hydrogen-bond donors (Lipinski definition) is 2. The summed E-state index contributed by atoms with van der Waals surface area (Å²) >= 11 is 0. The summed E-state index contributed by atoms with van der Waals surface area (Å²) in [6, 6.07) is 36.9. The van der Waals surface area contributed by atoms with E-state index in [2.05, 4.69) is 77.4 Å². The summed E-state index contributed by atoms with van der Waals surface area (Å²) in [4.78, 5) is 0. The van der Waals surface area contributed by atoms with Gasteiger partial charge in [0.2, 0.25) is 0 Å². The Labute approximate surface area is 201 Å². The minimum atomic E-state index is -1.60. The van der Waals surface area contributed by atoms with Gasteiger partial charge in [-0.3, -0.25) is 0 Å². The first kappa shape index (κ1) is 20.1. The molecule has 35 heavy (non-hydrogen) atoms. The summed E-state index contributed by atoms with van der Waals surface area (Å²) in [6.07, 6.45) is 0. The highest BCUT2D eigenvalue weighted by Crippen LogP contribution is 2.38. The van der Waals surface area contributed by atoms with Crippen molar-refractivity contribution in [2.45, 2.75) is 0 Å². The Bertz CT molecular complexity index is 1880. The van der Waals surface area contributed by atoms with Crippen molar-refractivity contribution in [2.75, 3.05) is 0 Å². The first-order chi connectivity index (χ1) is 17.2. The van der Waals surface area contributed by atoms with Crippen LogP contribution >= 0.6 is 0 Å². The monoisotopic (exact) mass is 453 g/mol. The van der Waals surface area contributed by atoms with Gasteiger partial charge in [0.25, 0.3) is 0 Å². The number of aromatic nitrogens is 1. The maximum atomic E-state index is 9.85. The molecule has 2 N–H and O–H groups in total. The Balaban J connectivity index is 1.54. The van der Waals surface area contributed by atoms with E-state index in [-0.39, 0.29) is 0 Å². The average molecular weight is 453 g/mol. The minimum absolute atomic E-state index is 0.365. The molecule has 2 heterocycles. The van der Waals surface area contributed by atoms with E-state index < -0.39 is 7.12 Å². The number of para-hydroxylation sites is 4. The van der Waals surface area contributed by atoms with Crippen LogP contribution in [0.2, 0.25) is 0 Å². The molecule has 5 aromatic carbocycles. The van der Waals surface area contributed by atoms with Gasteiger partial charge in [-0.1, -0.05) is 84.9 Å². The van der Waals surface area contributed by atoms with Gasteiger partial charge < -0.3 is 19.0 Å². The normalized spacial score (nSPS) is 11.7. The summed E-state index contributed by atoms with van der Waals surface area (Å²) in [5, 5.41) is 23.9. The molecule has 0 unspecified atom stereocenters. The smallest absolute Gasteiger partial charge is 0.456 e. The number of fused-ring (bicyclic) bond motifs is 6. The maximum Gasteiger partial charge on any atom is 0.492 e. The molecule has 2 aromatic heterocycles. The van der Waals surface area contributed by atoms with Crippen LogP contribution in [0.3, 0.4) is 0 Å². The third-order valence-corrected chi connectivity index (χ3v) is 6.83. The van der Waals surface area contributed by atoms with Crippen LogP contribution in [-0.4, -0.2) is 21.7 Å². The van der Waals surface area contributed by atoms with Crippen LogP contribution in [0.1, 0.15) is 0 Å². The topological polar surface area (TPSA) is 58.5 Å². The van der Waals surface area contributed by atoms with Gasteiger partial charge in [0.15, 0.2) is 0 Å². The quantitative estimate of drug-likeness (QED) is 0.321.